The van der Waals surface area contributed by atoms with Gasteiger partial charge in [-0.25, -0.2) is 5.01 Å². The maximum absolute atomic E-state index is 13.1. The molecule has 1 aromatic rings. The molecule has 27 heavy (non-hydrogen) atoms. The number of carbonyl (C=O) groups is 1. The zero-order chi connectivity index (χ0) is 20.0. The number of carbonyl (C=O) groups excluding carboxylic acids is 1. The minimum absolute atomic E-state index is 0.184. The van der Waals surface area contributed by atoms with E-state index in [1.807, 2.05) is 13.8 Å². The molecule has 0 aliphatic carbocycles. The molecule has 8 heteroatoms. The molecule has 0 saturated carbocycles. The maximum Gasteiger partial charge on any atom is 0.573 e. The van der Waals surface area contributed by atoms with Crippen LogP contribution in [-0.4, -0.2) is 41.4 Å². The Balaban J connectivity index is 1.92. The number of terminal acetylenes is 1. The van der Waals surface area contributed by atoms with Crippen molar-refractivity contribution >= 4 is 17.7 Å². The average Bonchev–Trinajstić information content (AvgIpc) is 2.51. The molecule has 0 radical (unpaired) electrons. The van der Waals surface area contributed by atoms with Gasteiger partial charge >= 0.3 is 6.36 Å². The smallest absolute Gasteiger partial charge is 0.406 e. The second-order valence-corrected chi connectivity index (χ2v) is 8.21. The third kappa shape index (κ3) is 3.94. The van der Waals surface area contributed by atoms with Crippen LogP contribution < -0.4 is 4.74 Å². The van der Waals surface area contributed by atoms with Crippen LogP contribution in [0.5, 0.6) is 5.75 Å². The van der Waals surface area contributed by atoms with Gasteiger partial charge in [0.25, 0.3) is 5.91 Å². The Kier molecular flexibility index (Phi) is 4.95. The van der Waals surface area contributed by atoms with Crippen LogP contribution in [0.3, 0.4) is 0 Å². The van der Waals surface area contributed by atoms with Gasteiger partial charge < -0.3 is 4.74 Å². The number of hydrogen-bond donors (Lipinski definition) is 0. The summed E-state index contributed by atoms with van der Waals surface area (Å²) in [5.74, 6) is 2.05. The Morgan fingerprint density at radius 2 is 2.11 bits per heavy atom. The molecule has 144 valence electrons. The number of hydrazine groups is 1. The van der Waals surface area contributed by atoms with Crippen LogP contribution in [0.2, 0.25) is 0 Å². The van der Waals surface area contributed by atoms with Crippen molar-refractivity contribution in [1.29, 1.82) is 0 Å². The topological polar surface area (TPSA) is 32.8 Å². The maximum atomic E-state index is 13.1. The number of benzene rings is 1. The van der Waals surface area contributed by atoms with E-state index < -0.39 is 11.9 Å². The summed E-state index contributed by atoms with van der Waals surface area (Å²) in [7, 11) is 1.75. The van der Waals surface area contributed by atoms with Crippen molar-refractivity contribution in [3.63, 3.8) is 0 Å². The lowest BCUT2D eigenvalue weighted by molar-refractivity contribution is -0.274. The molecule has 2 aliphatic heterocycles. The predicted molar refractivity (Wildman–Crippen MR) is 96.7 cm³/mol. The number of ether oxygens (including phenoxy) is 1. The summed E-state index contributed by atoms with van der Waals surface area (Å²) in [6.45, 7) is 4.23. The third-order valence-electron chi connectivity index (χ3n) is 4.48. The fraction of sp³-hybridized carbons (Fsp3) is 0.421. The van der Waals surface area contributed by atoms with Gasteiger partial charge in [0.15, 0.2) is 0 Å². The van der Waals surface area contributed by atoms with E-state index in [4.69, 9.17) is 6.42 Å². The van der Waals surface area contributed by atoms with Gasteiger partial charge in [0.2, 0.25) is 0 Å². The van der Waals surface area contributed by atoms with E-state index >= 15 is 0 Å². The van der Waals surface area contributed by atoms with Crippen LogP contribution in [-0.2, 0) is 11.2 Å². The fourth-order valence-electron chi connectivity index (χ4n) is 3.59. The summed E-state index contributed by atoms with van der Waals surface area (Å²) < 4.78 is 41.4. The number of hydrogen-bond acceptors (Lipinski definition) is 4. The van der Waals surface area contributed by atoms with Crippen molar-refractivity contribution in [3.8, 4) is 18.1 Å². The number of halogens is 3. The van der Waals surface area contributed by atoms with Gasteiger partial charge in [-0.15, -0.1) is 19.6 Å². The summed E-state index contributed by atoms with van der Waals surface area (Å²) in [5.41, 5.74) is 1.44. The summed E-state index contributed by atoms with van der Waals surface area (Å²) in [4.78, 5) is 14.3. The van der Waals surface area contributed by atoms with E-state index in [0.29, 0.717) is 22.6 Å². The zero-order valence-electron chi connectivity index (χ0n) is 15.2. The van der Waals surface area contributed by atoms with Gasteiger partial charge in [-0.3, -0.25) is 9.80 Å². The Bertz CT molecular complexity index is 855. The third-order valence-corrected chi connectivity index (χ3v) is 5.74. The minimum Gasteiger partial charge on any atom is -0.406 e. The second kappa shape index (κ2) is 6.80. The normalized spacial score (nSPS) is 18.9. The summed E-state index contributed by atoms with van der Waals surface area (Å²) in [6.07, 6.45) is 1.82. The lowest BCUT2D eigenvalue weighted by Gasteiger charge is -2.48. The van der Waals surface area contributed by atoms with Crippen molar-refractivity contribution in [1.82, 2.24) is 10.0 Å². The predicted octanol–water partition coefficient (Wildman–Crippen LogP) is 3.98. The van der Waals surface area contributed by atoms with Crippen molar-refractivity contribution in [2.75, 3.05) is 13.6 Å². The highest BCUT2D eigenvalue weighted by atomic mass is 32.2. The van der Waals surface area contributed by atoms with Crippen molar-refractivity contribution in [2.24, 2.45) is 0 Å². The van der Waals surface area contributed by atoms with Crippen LogP contribution >= 0.6 is 11.8 Å². The molecule has 0 N–H and O–H groups in total. The first-order valence-corrected chi connectivity index (χ1v) is 9.11. The van der Waals surface area contributed by atoms with E-state index in [1.165, 1.54) is 23.9 Å². The van der Waals surface area contributed by atoms with E-state index in [9.17, 15) is 18.0 Å². The number of thioether (sulfide) groups is 1. The summed E-state index contributed by atoms with van der Waals surface area (Å²) >= 11 is 1.19. The standard InChI is InChI=1S/C19H19F3N2O2S/c1-5-8-23(4)24-17(25)16-13(11-18(24,2)3)9-12-6-7-14(10-15(12)27-16)26-19(20,21)22/h1,6-7,10H,8-9,11H2,2-4H3. The number of nitrogens with zero attached hydrogens (tertiary/aromatic N) is 2. The fourth-order valence-corrected chi connectivity index (χ4v) is 4.72. The van der Waals surface area contributed by atoms with Crippen LogP contribution in [0.25, 0.3) is 0 Å². The molecule has 0 atom stereocenters. The van der Waals surface area contributed by atoms with Crippen LogP contribution in [0, 0.1) is 12.3 Å². The largest absolute Gasteiger partial charge is 0.573 e. The molecule has 4 nitrogen and oxygen atoms in total. The zero-order valence-corrected chi connectivity index (χ0v) is 16.0. The Hall–Kier alpha value is -2.11. The first-order valence-electron chi connectivity index (χ1n) is 8.29. The van der Waals surface area contributed by atoms with Crippen molar-refractivity contribution in [3.05, 3.63) is 34.2 Å². The average molecular weight is 396 g/mol. The molecule has 1 amide bonds. The van der Waals surface area contributed by atoms with Crippen LogP contribution in [0.15, 0.2) is 33.6 Å². The Labute approximate surface area is 160 Å². The lowest BCUT2D eigenvalue weighted by Crippen LogP contribution is -2.58. The molecule has 1 aromatic carbocycles. The van der Waals surface area contributed by atoms with Gasteiger partial charge in [-0.05, 0) is 50.0 Å². The van der Waals surface area contributed by atoms with Gasteiger partial charge in [0.05, 0.1) is 17.0 Å². The molecule has 0 fully saturated rings. The van der Waals surface area contributed by atoms with Gasteiger partial charge in [-0.2, -0.15) is 0 Å². The number of fused-ring (bicyclic) bond motifs is 1. The van der Waals surface area contributed by atoms with E-state index in [2.05, 4.69) is 10.7 Å². The van der Waals surface area contributed by atoms with E-state index in [1.54, 1.807) is 23.1 Å². The monoisotopic (exact) mass is 396 g/mol. The summed E-state index contributed by atoms with van der Waals surface area (Å²) in [6, 6.07) is 4.27. The molecule has 0 spiro atoms. The van der Waals surface area contributed by atoms with Gasteiger partial charge in [-0.1, -0.05) is 23.7 Å². The van der Waals surface area contributed by atoms with Crippen LogP contribution in [0.4, 0.5) is 13.2 Å². The molecule has 2 aliphatic rings. The lowest BCUT2D eigenvalue weighted by atomic mass is 9.86. The Morgan fingerprint density at radius 3 is 2.74 bits per heavy atom. The SMILES string of the molecule is C#CCN(C)N1C(=O)C2=C(Cc3ccc(OC(F)(F)F)cc3S2)CC1(C)C. The highest BCUT2D eigenvalue weighted by Crippen LogP contribution is 2.47. The minimum atomic E-state index is -4.75. The number of alkyl halides is 3. The van der Waals surface area contributed by atoms with E-state index in [-0.39, 0.29) is 18.2 Å². The van der Waals surface area contributed by atoms with Crippen molar-refractivity contribution in [2.45, 2.75) is 43.5 Å². The molecule has 0 aromatic heterocycles. The molecule has 0 saturated heterocycles. The number of rotatable bonds is 3. The van der Waals surface area contributed by atoms with Gasteiger partial charge in [0, 0.05) is 11.9 Å². The molecular formula is C19H19F3N2O2S. The second-order valence-electron chi connectivity index (χ2n) is 7.15. The Morgan fingerprint density at radius 1 is 1.41 bits per heavy atom. The molecular weight excluding hydrogens is 377 g/mol. The molecule has 0 bridgehead atoms. The van der Waals surface area contributed by atoms with E-state index in [0.717, 1.165) is 11.1 Å². The summed E-state index contributed by atoms with van der Waals surface area (Å²) in [5, 5.41) is 3.34. The molecule has 0 unspecified atom stereocenters. The van der Waals surface area contributed by atoms with Gasteiger partial charge in [0.1, 0.15) is 5.75 Å². The number of amides is 1. The highest BCUT2D eigenvalue weighted by Gasteiger charge is 2.43. The van der Waals surface area contributed by atoms with Crippen LogP contribution in [0.1, 0.15) is 25.8 Å². The first-order chi connectivity index (χ1) is 12.5. The van der Waals surface area contributed by atoms with Crippen molar-refractivity contribution < 1.29 is 22.7 Å². The quantitative estimate of drug-likeness (QED) is 0.724. The molecule has 3 rings (SSSR count). The molecule has 2 heterocycles. The highest BCUT2D eigenvalue weighted by molar-refractivity contribution is 8.04. The first kappa shape index (κ1) is 19.6.